The Labute approximate surface area is 180 Å². The van der Waals surface area contributed by atoms with Crippen molar-refractivity contribution in [3.8, 4) is 0 Å². The first kappa shape index (κ1) is 21.9. The quantitative estimate of drug-likeness (QED) is 0.762. The van der Waals surface area contributed by atoms with Gasteiger partial charge in [-0.3, -0.25) is 9.69 Å². The zero-order chi connectivity index (χ0) is 22.2. The van der Waals surface area contributed by atoms with Crippen LogP contribution in [0.5, 0.6) is 0 Å². The summed E-state index contributed by atoms with van der Waals surface area (Å²) in [5.74, 6) is -1.83. The Hall–Kier alpha value is -2.36. The fourth-order valence-electron chi connectivity index (χ4n) is 4.19. The van der Waals surface area contributed by atoms with Gasteiger partial charge in [-0.2, -0.15) is 4.31 Å². The van der Waals surface area contributed by atoms with E-state index in [2.05, 4.69) is 5.32 Å². The van der Waals surface area contributed by atoms with Gasteiger partial charge in [0, 0.05) is 32.2 Å². The number of nitrogens with zero attached hydrogens (tertiary/aromatic N) is 2. The molecule has 1 N–H and O–H groups in total. The highest BCUT2D eigenvalue weighted by Crippen LogP contribution is 2.27. The van der Waals surface area contributed by atoms with E-state index in [9.17, 15) is 22.0 Å². The van der Waals surface area contributed by atoms with Gasteiger partial charge in [0.15, 0.2) is 0 Å². The molecule has 2 aromatic rings. The van der Waals surface area contributed by atoms with Crippen LogP contribution < -0.4 is 5.32 Å². The second-order valence-corrected chi connectivity index (χ2v) is 9.95. The van der Waals surface area contributed by atoms with E-state index in [1.54, 1.807) is 19.1 Å². The second kappa shape index (κ2) is 8.64. The van der Waals surface area contributed by atoms with Gasteiger partial charge in [0.2, 0.25) is 15.9 Å². The summed E-state index contributed by atoms with van der Waals surface area (Å²) in [6.07, 6.45) is 2.95. The maximum absolute atomic E-state index is 13.8. The number of hydrogen-bond acceptors (Lipinski definition) is 4. The molecule has 0 aromatic heterocycles. The number of benzene rings is 2. The van der Waals surface area contributed by atoms with Crippen LogP contribution in [-0.4, -0.2) is 55.8 Å². The molecule has 0 bridgehead atoms. The minimum Gasteiger partial charge on any atom is -0.322 e. The third-order valence-corrected chi connectivity index (χ3v) is 7.99. The number of rotatable bonds is 5. The predicted octanol–water partition coefficient (Wildman–Crippen LogP) is 2.79. The second-order valence-electron chi connectivity index (χ2n) is 8.01. The molecule has 0 spiro atoms. The fourth-order valence-corrected chi connectivity index (χ4v) is 5.66. The average molecular weight is 450 g/mol. The monoisotopic (exact) mass is 449 g/mol. The lowest BCUT2D eigenvalue weighted by Gasteiger charge is -2.36. The highest BCUT2D eigenvalue weighted by molar-refractivity contribution is 7.89. The van der Waals surface area contributed by atoms with Gasteiger partial charge in [-0.05, 0) is 61.6 Å². The van der Waals surface area contributed by atoms with Crippen LogP contribution in [-0.2, 0) is 27.7 Å². The lowest BCUT2D eigenvalue weighted by molar-refractivity contribution is -0.121. The van der Waals surface area contributed by atoms with E-state index in [0.29, 0.717) is 18.0 Å². The molecule has 0 saturated carbocycles. The molecule has 6 nitrogen and oxygen atoms in total. The van der Waals surface area contributed by atoms with Crippen molar-refractivity contribution in [3.05, 3.63) is 59.2 Å². The summed E-state index contributed by atoms with van der Waals surface area (Å²) in [6, 6.07) is 7.62. The van der Waals surface area contributed by atoms with Crippen molar-refractivity contribution in [1.29, 1.82) is 0 Å². The number of sulfonamides is 1. The third-order valence-electron chi connectivity index (χ3n) is 6.09. The number of carbonyl (C=O) groups is 1. The smallest absolute Gasteiger partial charge is 0.243 e. The number of aryl methyl sites for hydroxylation is 2. The van der Waals surface area contributed by atoms with E-state index in [4.69, 9.17) is 0 Å². The Morgan fingerprint density at radius 2 is 1.71 bits per heavy atom. The van der Waals surface area contributed by atoms with Gasteiger partial charge >= 0.3 is 0 Å². The van der Waals surface area contributed by atoms with Crippen molar-refractivity contribution in [2.75, 3.05) is 31.5 Å². The van der Waals surface area contributed by atoms with Crippen LogP contribution in [0.4, 0.5) is 14.5 Å². The summed E-state index contributed by atoms with van der Waals surface area (Å²) in [5, 5.41) is 2.41. The molecule has 0 radical (unpaired) electrons. The number of piperazine rings is 1. The molecule has 9 heteroatoms. The van der Waals surface area contributed by atoms with Gasteiger partial charge in [-0.25, -0.2) is 17.2 Å². The first-order chi connectivity index (χ1) is 14.8. The Bertz CT molecular complexity index is 1100. The first-order valence-electron chi connectivity index (χ1n) is 10.4. The highest BCUT2D eigenvalue weighted by Gasteiger charge is 2.32. The highest BCUT2D eigenvalue weighted by atomic mass is 32.2. The summed E-state index contributed by atoms with van der Waals surface area (Å²) in [5.41, 5.74) is 2.11. The number of hydrogen-bond donors (Lipinski definition) is 1. The molecule has 1 aliphatic carbocycles. The number of anilines is 1. The van der Waals surface area contributed by atoms with Crippen LogP contribution in [0.1, 0.15) is 24.5 Å². The van der Waals surface area contributed by atoms with Crippen molar-refractivity contribution in [1.82, 2.24) is 9.21 Å². The minimum absolute atomic E-state index is 0.213. The molecule has 1 fully saturated rings. The average Bonchev–Trinajstić information content (AvgIpc) is 3.24. The molecule has 31 heavy (non-hydrogen) atoms. The Balaban J connectivity index is 1.38. The zero-order valence-corrected chi connectivity index (χ0v) is 18.1. The lowest BCUT2D eigenvalue weighted by atomic mass is 10.1. The van der Waals surface area contributed by atoms with Crippen LogP contribution >= 0.6 is 0 Å². The molecular formula is C22H25F2N3O3S. The summed E-state index contributed by atoms with van der Waals surface area (Å²) in [7, 11) is -3.60. The Morgan fingerprint density at radius 3 is 2.45 bits per heavy atom. The Kier molecular flexibility index (Phi) is 6.09. The van der Waals surface area contributed by atoms with Crippen molar-refractivity contribution >= 4 is 21.6 Å². The molecule has 4 rings (SSSR count). The molecule has 1 aliphatic heterocycles. The molecule has 1 atom stereocenters. The largest absolute Gasteiger partial charge is 0.322 e. The molecule has 1 heterocycles. The van der Waals surface area contributed by atoms with E-state index in [-0.39, 0.29) is 18.8 Å². The summed E-state index contributed by atoms with van der Waals surface area (Å²) in [6.45, 7) is 2.91. The van der Waals surface area contributed by atoms with E-state index < -0.39 is 33.6 Å². The molecule has 166 valence electrons. The Morgan fingerprint density at radius 1 is 1.00 bits per heavy atom. The number of fused-ring (bicyclic) bond motifs is 1. The summed E-state index contributed by atoms with van der Waals surface area (Å²) < 4.78 is 54.7. The number of carbonyl (C=O) groups excluding carboxylic acids is 1. The van der Waals surface area contributed by atoms with E-state index in [1.807, 2.05) is 11.0 Å². The molecule has 1 saturated heterocycles. The van der Waals surface area contributed by atoms with Gasteiger partial charge in [0.1, 0.15) is 11.6 Å². The topological polar surface area (TPSA) is 69.7 Å². The van der Waals surface area contributed by atoms with Crippen LogP contribution in [0.2, 0.25) is 0 Å². The maximum Gasteiger partial charge on any atom is 0.243 e. The number of amides is 1. The predicted molar refractivity (Wildman–Crippen MR) is 113 cm³/mol. The van der Waals surface area contributed by atoms with Gasteiger partial charge in [-0.15, -0.1) is 0 Å². The molecule has 1 unspecified atom stereocenters. The van der Waals surface area contributed by atoms with Crippen molar-refractivity contribution in [2.45, 2.75) is 37.1 Å². The van der Waals surface area contributed by atoms with Crippen molar-refractivity contribution in [3.63, 3.8) is 0 Å². The summed E-state index contributed by atoms with van der Waals surface area (Å²) >= 11 is 0. The van der Waals surface area contributed by atoms with Crippen LogP contribution in [0.15, 0.2) is 41.3 Å². The number of halogens is 2. The molecule has 2 aromatic carbocycles. The first-order valence-corrected chi connectivity index (χ1v) is 11.8. The van der Waals surface area contributed by atoms with Crippen molar-refractivity contribution in [2.24, 2.45) is 0 Å². The van der Waals surface area contributed by atoms with Crippen molar-refractivity contribution < 1.29 is 22.0 Å². The minimum atomic E-state index is -3.60. The third kappa shape index (κ3) is 4.49. The fraction of sp³-hybridized carbons (Fsp3) is 0.409. The van der Waals surface area contributed by atoms with Crippen LogP contribution in [0.25, 0.3) is 0 Å². The molecule has 1 amide bonds. The number of nitrogens with one attached hydrogen (secondary N) is 1. The van der Waals surface area contributed by atoms with Crippen LogP contribution in [0.3, 0.4) is 0 Å². The van der Waals surface area contributed by atoms with Crippen LogP contribution in [0, 0.1) is 11.6 Å². The molecular weight excluding hydrogens is 424 g/mol. The SMILES string of the molecule is CC(C(=O)Nc1cc(F)ccc1F)N1CCN(S(=O)(=O)c2ccc3c(c2)CCC3)CC1. The van der Waals surface area contributed by atoms with Gasteiger partial charge in [0.25, 0.3) is 0 Å². The zero-order valence-electron chi connectivity index (χ0n) is 17.3. The maximum atomic E-state index is 13.8. The van der Waals surface area contributed by atoms with Gasteiger partial charge in [0.05, 0.1) is 16.6 Å². The van der Waals surface area contributed by atoms with E-state index in [0.717, 1.165) is 43.0 Å². The van der Waals surface area contributed by atoms with Gasteiger partial charge in [-0.1, -0.05) is 6.07 Å². The van der Waals surface area contributed by atoms with E-state index in [1.165, 1.54) is 9.87 Å². The lowest BCUT2D eigenvalue weighted by Crippen LogP contribution is -2.53. The van der Waals surface area contributed by atoms with E-state index >= 15 is 0 Å². The van der Waals surface area contributed by atoms with Gasteiger partial charge < -0.3 is 5.32 Å². The standard InChI is InChI=1S/C22H25F2N3O3S/c1-15(22(28)25-21-14-18(23)6-8-20(21)24)26-9-11-27(12-10-26)31(29,30)19-7-5-16-3-2-4-17(16)13-19/h5-8,13-15H,2-4,9-12H2,1H3,(H,25,28). The molecule has 2 aliphatic rings. The normalized spacial score (nSPS) is 18.5. The summed E-state index contributed by atoms with van der Waals surface area (Å²) in [4.78, 5) is 14.7.